The van der Waals surface area contributed by atoms with Crippen molar-refractivity contribution in [2.45, 2.75) is 26.2 Å². The molecule has 0 bridgehead atoms. The van der Waals surface area contributed by atoms with Crippen molar-refractivity contribution >= 4 is 5.91 Å². The van der Waals surface area contributed by atoms with Crippen molar-refractivity contribution < 1.29 is 9.53 Å². The molecule has 0 radical (unpaired) electrons. The first-order valence-electron chi connectivity index (χ1n) is 6.89. The number of para-hydroxylation sites is 1. The normalized spacial score (nSPS) is 17.4. The summed E-state index contributed by atoms with van der Waals surface area (Å²) in [4.78, 5) is 14.2. The minimum atomic E-state index is -0.277. The first kappa shape index (κ1) is 14.4. The summed E-state index contributed by atoms with van der Waals surface area (Å²) in [6, 6.07) is 9.94. The summed E-state index contributed by atoms with van der Waals surface area (Å²) in [5.41, 5.74) is 0.634. The Kier molecular flexibility index (Phi) is 4.29. The molecule has 0 spiro atoms. The molecule has 1 saturated heterocycles. The fourth-order valence-electron chi connectivity index (χ4n) is 2.49. The SMILES string of the molecule is COc1ccccc1CC(=O)N1CCC(C)(C#N)CC1. The molecular weight excluding hydrogens is 252 g/mol. The van der Waals surface area contributed by atoms with Gasteiger partial charge in [0.15, 0.2) is 0 Å². The smallest absolute Gasteiger partial charge is 0.227 e. The molecular formula is C16H20N2O2. The van der Waals surface area contributed by atoms with Crippen molar-refractivity contribution in [3.05, 3.63) is 29.8 Å². The van der Waals surface area contributed by atoms with E-state index in [1.165, 1.54) is 0 Å². The number of nitriles is 1. The van der Waals surface area contributed by atoms with Gasteiger partial charge in [0.2, 0.25) is 5.91 Å². The number of carbonyl (C=O) groups excluding carboxylic acids is 1. The van der Waals surface area contributed by atoms with Gasteiger partial charge in [-0.25, -0.2) is 0 Å². The van der Waals surface area contributed by atoms with Gasteiger partial charge in [0.05, 0.1) is 25.0 Å². The number of amides is 1. The standard InChI is InChI=1S/C16H20N2O2/c1-16(12-17)7-9-18(10-8-16)15(19)11-13-5-3-4-6-14(13)20-2/h3-6H,7-11H2,1-2H3. The Bertz CT molecular complexity index is 526. The summed E-state index contributed by atoms with van der Waals surface area (Å²) >= 11 is 0. The van der Waals surface area contributed by atoms with Crippen LogP contribution in [0.15, 0.2) is 24.3 Å². The van der Waals surface area contributed by atoms with Crippen molar-refractivity contribution in [3.8, 4) is 11.8 Å². The van der Waals surface area contributed by atoms with E-state index in [4.69, 9.17) is 10.00 Å². The first-order valence-corrected chi connectivity index (χ1v) is 6.89. The lowest BCUT2D eigenvalue weighted by Crippen LogP contribution is -2.42. The topological polar surface area (TPSA) is 53.3 Å². The Balaban J connectivity index is 1.98. The molecule has 2 rings (SSSR count). The molecule has 0 saturated carbocycles. The Morgan fingerprint density at radius 1 is 1.40 bits per heavy atom. The third kappa shape index (κ3) is 3.11. The molecule has 20 heavy (non-hydrogen) atoms. The van der Waals surface area contributed by atoms with Crippen molar-refractivity contribution in [1.82, 2.24) is 4.90 Å². The fraction of sp³-hybridized carbons (Fsp3) is 0.500. The van der Waals surface area contributed by atoms with Crippen molar-refractivity contribution in [2.75, 3.05) is 20.2 Å². The zero-order valence-electron chi connectivity index (χ0n) is 12.1. The van der Waals surface area contributed by atoms with Crippen LogP contribution in [0, 0.1) is 16.7 Å². The number of hydrogen-bond donors (Lipinski definition) is 0. The molecule has 0 atom stereocenters. The summed E-state index contributed by atoms with van der Waals surface area (Å²) in [5, 5.41) is 9.11. The second kappa shape index (κ2) is 5.96. The second-order valence-electron chi connectivity index (χ2n) is 5.54. The number of nitrogens with zero attached hydrogens (tertiary/aromatic N) is 2. The Hall–Kier alpha value is -2.02. The van der Waals surface area contributed by atoms with Gasteiger partial charge in [0.1, 0.15) is 5.75 Å². The highest BCUT2D eigenvalue weighted by atomic mass is 16.5. The molecule has 1 amide bonds. The Morgan fingerprint density at radius 2 is 2.05 bits per heavy atom. The fourth-order valence-corrected chi connectivity index (χ4v) is 2.49. The average molecular weight is 272 g/mol. The van der Waals surface area contributed by atoms with Crippen LogP contribution in [0.2, 0.25) is 0 Å². The second-order valence-corrected chi connectivity index (χ2v) is 5.54. The van der Waals surface area contributed by atoms with Crippen LogP contribution in [0.4, 0.5) is 0 Å². The molecule has 1 fully saturated rings. The molecule has 0 aromatic heterocycles. The highest BCUT2D eigenvalue weighted by Crippen LogP contribution is 2.30. The van der Waals surface area contributed by atoms with E-state index in [-0.39, 0.29) is 11.3 Å². The Labute approximate surface area is 120 Å². The number of carbonyl (C=O) groups is 1. The van der Waals surface area contributed by atoms with Gasteiger partial charge in [0, 0.05) is 18.7 Å². The van der Waals surface area contributed by atoms with Crippen LogP contribution < -0.4 is 4.74 Å². The number of methoxy groups -OCH3 is 1. The predicted octanol–water partition coefficient (Wildman–Crippen LogP) is 2.39. The van der Waals surface area contributed by atoms with Gasteiger partial charge in [-0.3, -0.25) is 4.79 Å². The number of benzene rings is 1. The maximum absolute atomic E-state index is 12.3. The van der Waals surface area contributed by atoms with Crippen LogP contribution in [0.25, 0.3) is 0 Å². The zero-order chi connectivity index (χ0) is 14.6. The molecule has 106 valence electrons. The van der Waals surface area contributed by atoms with E-state index < -0.39 is 0 Å². The lowest BCUT2D eigenvalue weighted by atomic mass is 9.82. The molecule has 1 aromatic rings. The average Bonchev–Trinajstić information content (AvgIpc) is 2.48. The van der Waals surface area contributed by atoms with Gasteiger partial charge in [-0.1, -0.05) is 18.2 Å². The van der Waals surface area contributed by atoms with Crippen LogP contribution >= 0.6 is 0 Å². The molecule has 1 aromatic carbocycles. The van der Waals surface area contributed by atoms with Crippen LogP contribution in [-0.2, 0) is 11.2 Å². The zero-order valence-corrected chi connectivity index (χ0v) is 12.1. The molecule has 1 heterocycles. The van der Waals surface area contributed by atoms with E-state index >= 15 is 0 Å². The molecule has 4 nitrogen and oxygen atoms in total. The molecule has 4 heteroatoms. The van der Waals surface area contributed by atoms with Gasteiger partial charge < -0.3 is 9.64 Å². The van der Waals surface area contributed by atoms with Gasteiger partial charge in [-0.15, -0.1) is 0 Å². The van der Waals surface area contributed by atoms with Crippen molar-refractivity contribution in [2.24, 2.45) is 5.41 Å². The molecule has 0 N–H and O–H groups in total. The largest absolute Gasteiger partial charge is 0.496 e. The highest BCUT2D eigenvalue weighted by molar-refractivity contribution is 5.79. The summed E-state index contributed by atoms with van der Waals surface area (Å²) in [6.07, 6.45) is 1.86. The third-order valence-corrected chi connectivity index (χ3v) is 4.02. The summed E-state index contributed by atoms with van der Waals surface area (Å²) < 4.78 is 5.27. The van der Waals surface area contributed by atoms with E-state index in [2.05, 4.69) is 6.07 Å². The van der Waals surface area contributed by atoms with E-state index in [9.17, 15) is 4.79 Å². The minimum absolute atomic E-state index is 0.106. The summed E-state index contributed by atoms with van der Waals surface area (Å²) in [6.45, 7) is 3.30. The molecule has 1 aliphatic rings. The lowest BCUT2D eigenvalue weighted by Gasteiger charge is -2.35. The lowest BCUT2D eigenvalue weighted by molar-refractivity contribution is -0.132. The minimum Gasteiger partial charge on any atom is -0.496 e. The van der Waals surface area contributed by atoms with Gasteiger partial charge in [-0.05, 0) is 25.8 Å². The Morgan fingerprint density at radius 3 is 2.65 bits per heavy atom. The van der Waals surface area contributed by atoms with Gasteiger partial charge in [-0.2, -0.15) is 5.26 Å². The van der Waals surface area contributed by atoms with Gasteiger partial charge in [0.25, 0.3) is 0 Å². The van der Waals surface area contributed by atoms with Gasteiger partial charge >= 0.3 is 0 Å². The van der Waals surface area contributed by atoms with E-state index in [1.54, 1.807) is 7.11 Å². The van der Waals surface area contributed by atoms with E-state index in [1.807, 2.05) is 36.1 Å². The predicted molar refractivity (Wildman–Crippen MR) is 76.2 cm³/mol. The number of rotatable bonds is 3. The summed E-state index contributed by atoms with van der Waals surface area (Å²) in [5.74, 6) is 0.856. The maximum atomic E-state index is 12.3. The molecule has 0 aliphatic carbocycles. The monoisotopic (exact) mass is 272 g/mol. The highest BCUT2D eigenvalue weighted by Gasteiger charge is 2.31. The first-order chi connectivity index (χ1) is 9.58. The van der Waals surface area contributed by atoms with Crippen LogP contribution in [0.3, 0.4) is 0 Å². The molecule has 0 unspecified atom stereocenters. The van der Waals surface area contributed by atoms with Crippen molar-refractivity contribution in [3.63, 3.8) is 0 Å². The van der Waals surface area contributed by atoms with E-state index in [0.717, 1.165) is 24.2 Å². The third-order valence-electron chi connectivity index (χ3n) is 4.02. The number of hydrogen-bond acceptors (Lipinski definition) is 3. The quantitative estimate of drug-likeness (QED) is 0.849. The maximum Gasteiger partial charge on any atom is 0.227 e. The number of ether oxygens (including phenoxy) is 1. The van der Waals surface area contributed by atoms with Crippen molar-refractivity contribution in [1.29, 1.82) is 5.26 Å². The van der Waals surface area contributed by atoms with Crippen LogP contribution in [-0.4, -0.2) is 31.0 Å². The summed E-state index contributed by atoms with van der Waals surface area (Å²) in [7, 11) is 1.61. The number of likely N-dealkylation sites (tertiary alicyclic amines) is 1. The van der Waals surface area contributed by atoms with Crippen LogP contribution in [0.5, 0.6) is 5.75 Å². The number of piperidine rings is 1. The van der Waals surface area contributed by atoms with Crippen LogP contribution in [0.1, 0.15) is 25.3 Å². The molecule has 1 aliphatic heterocycles. The van der Waals surface area contributed by atoms with E-state index in [0.29, 0.717) is 19.5 Å².